The molecule has 4 heteroatoms. The monoisotopic (exact) mass is 352 g/mol. The average Bonchev–Trinajstić information content (AvgIpc) is 3.18. The average molecular weight is 352 g/mol. The highest BCUT2D eigenvalue weighted by atomic mass is 16.2. The fourth-order valence-electron chi connectivity index (χ4n) is 5.03. The first kappa shape index (κ1) is 17.3. The highest BCUT2D eigenvalue weighted by Crippen LogP contribution is 2.53. The van der Waals surface area contributed by atoms with Crippen molar-refractivity contribution in [3.63, 3.8) is 0 Å². The predicted molar refractivity (Wildman–Crippen MR) is 102 cm³/mol. The molecular weight excluding hydrogens is 324 g/mol. The van der Waals surface area contributed by atoms with E-state index in [-0.39, 0.29) is 23.9 Å². The Kier molecular flexibility index (Phi) is 4.37. The second-order valence-corrected chi connectivity index (χ2v) is 8.20. The van der Waals surface area contributed by atoms with E-state index >= 15 is 0 Å². The SMILES string of the molecule is CC(C)N1C(=O)C2(CCCC2)C1C(=O)N1CC=C(c2ccccc2)CC1. The number of β-lactam (4-membered cyclic amide) rings is 1. The van der Waals surface area contributed by atoms with Gasteiger partial charge in [0.2, 0.25) is 11.8 Å². The number of likely N-dealkylation sites (tertiary alicyclic amines) is 1. The van der Waals surface area contributed by atoms with Gasteiger partial charge in [0, 0.05) is 19.1 Å². The zero-order chi connectivity index (χ0) is 18.3. The largest absolute Gasteiger partial charge is 0.337 e. The highest BCUT2D eigenvalue weighted by molar-refractivity contribution is 6.02. The Morgan fingerprint density at radius 3 is 2.42 bits per heavy atom. The van der Waals surface area contributed by atoms with Crippen LogP contribution in [0.2, 0.25) is 0 Å². The van der Waals surface area contributed by atoms with Crippen molar-refractivity contribution in [3.05, 3.63) is 42.0 Å². The first-order valence-electron chi connectivity index (χ1n) is 9.90. The Morgan fingerprint density at radius 2 is 1.85 bits per heavy atom. The molecule has 1 saturated heterocycles. The third kappa shape index (κ3) is 2.58. The summed E-state index contributed by atoms with van der Waals surface area (Å²) in [6.07, 6.45) is 6.96. The molecule has 2 fully saturated rings. The number of hydrogen-bond donors (Lipinski definition) is 0. The molecule has 2 amide bonds. The van der Waals surface area contributed by atoms with Crippen LogP contribution in [0.4, 0.5) is 0 Å². The molecule has 0 aromatic heterocycles. The van der Waals surface area contributed by atoms with Crippen molar-refractivity contribution >= 4 is 17.4 Å². The van der Waals surface area contributed by atoms with Crippen LogP contribution in [0.5, 0.6) is 0 Å². The second kappa shape index (κ2) is 6.57. The Hall–Kier alpha value is -2.10. The summed E-state index contributed by atoms with van der Waals surface area (Å²) < 4.78 is 0. The van der Waals surface area contributed by atoms with Gasteiger partial charge >= 0.3 is 0 Å². The quantitative estimate of drug-likeness (QED) is 0.782. The van der Waals surface area contributed by atoms with Gasteiger partial charge in [-0.25, -0.2) is 0 Å². The molecule has 1 unspecified atom stereocenters. The van der Waals surface area contributed by atoms with Crippen LogP contribution in [0.1, 0.15) is 51.5 Å². The van der Waals surface area contributed by atoms with E-state index in [2.05, 4.69) is 30.3 Å². The second-order valence-electron chi connectivity index (χ2n) is 8.20. The van der Waals surface area contributed by atoms with Gasteiger partial charge < -0.3 is 9.80 Å². The van der Waals surface area contributed by atoms with Gasteiger partial charge in [-0.05, 0) is 44.2 Å². The molecular formula is C22H28N2O2. The molecule has 1 atom stereocenters. The molecule has 2 heterocycles. The van der Waals surface area contributed by atoms with Crippen LogP contribution in [-0.2, 0) is 9.59 Å². The molecule has 0 bridgehead atoms. The standard InChI is InChI=1S/C22H28N2O2/c1-16(2)24-19(22(21(24)26)12-6-7-13-22)20(25)23-14-10-18(11-15-23)17-8-4-3-5-9-17/h3-5,8-10,16,19H,6-7,11-15H2,1-2H3. The molecule has 26 heavy (non-hydrogen) atoms. The van der Waals surface area contributed by atoms with Crippen molar-refractivity contribution in [1.82, 2.24) is 9.80 Å². The van der Waals surface area contributed by atoms with E-state index in [4.69, 9.17) is 0 Å². The summed E-state index contributed by atoms with van der Waals surface area (Å²) in [7, 11) is 0. The summed E-state index contributed by atoms with van der Waals surface area (Å²) in [6.45, 7) is 5.43. The molecule has 0 N–H and O–H groups in total. The molecule has 4 nitrogen and oxygen atoms in total. The summed E-state index contributed by atoms with van der Waals surface area (Å²) in [6, 6.07) is 10.2. The maximum atomic E-state index is 13.3. The van der Waals surface area contributed by atoms with Gasteiger partial charge in [-0.3, -0.25) is 9.59 Å². The van der Waals surface area contributed by atoms with Gasteiger partial charge in [-0.2, -0.15) is 0 Å². The molecule has 1 spiro atoms. The smallest absolute Gasteiger partial charge is 0.246 e. The number of nitrogens with zero attached hydrogens (tertiary/aromatic N) is 2. The van der Waals surface area contributed by atoms with Crippen molar-refractivity contribution in [2.45, 2.75) is 58.0 Å². The van der Waals surface area contributed by atoms with Crippen molar-refractivity contribution in [1.29, 1.82) is 0 Å². The minimum absolute atomic E-state index is 0.0860. The van der Waals surface area contributed by atoms with Crippen molar-refractivity contribution in [2.75, 3.05) is 13.1 Å². The van der Waals surface area contributed by atoms with Crippen molar-refractivity contribution in [3.8, 4) is 0 Å². The zero-order valence-corrected chi connectivity index (χ0v) is 15.8. The zero-order valence-electron chi connectivity index (χ0n) is 15.8. The molecule has 1 aliphatic carbocycles. The minimum atomic E-state index is -0.398. The van der Waals surface area contributed by atoms with Crippen molar-refractivity contribution < 1.29 is 9.59 Å². The number of amides is 2. The summed E-state index contributed by atoms with van der Waals surface area (Å²) in [5, 5.41) is 0. The Morgan fingerprint density at radius 1 is 1.15 bits per heavy atom. The van der Waals surface area contributed by atoms with E-state index in [1.165, 1.54) is 11.1 Å². The van der Waals surface area contributed by atoms with Gasteiger partial charge in [0.15, 0.2) is 0 Å². The van der Waals surface area contributed by atoms with E-state index in [0.717, 1.165) is 38.6 Å². The number of carbonyl (C=O) groups excluding carboxylic acids is 2. The van der Waals surface area contributed by atoms with Crippen LogP contribution in [0.25, 0.3) is 5.57 Å². The van der Waals surface area contributed by atoms with E-state index in [9.17, 15) is 9.59 Å². The summed E-state index contributed by atoms with van der Waals surface area (Å²) in [4.78, 5) is 29.9. The fourth-order valence-corrected chi connectivity index (χ4v) is 5.03. The molecule has 1 aromatic rings. The van der Waals surface area contributed by atoms with Gasteiger partial charge in [0.05, 0.1) is 5.41 Å². The number of hydrogen-bond acceptors (Lipinski definition) is 2. The van der Waals surface area contributed by atoms with Crippen LogP contribution in [-0.4, -0.2) is 46.8 Å². The normalized spacial score (nSPS) is 24.8. The van der Waals surface area contributed by atoms with E-state index in [0.29, 0.717) is 6.54 Å². The molecule has 3 aliphatic rings. The van der Waals surface area contributed by atoms with Crippen LogP contribution in [0.3, 0.4) is 0 Å². The third-order valence-electron chi connectivity index (χ3n) is 6.41. The Labute approximate surface area is 155 Å². The van der Waals surface area contributed by atoms with Gasteiger partial charge in [0.25, 0.3) is 0 Å². The fraction of sp³-hybridized carbons (Fsp3) is 0.545. The van der Waals surface area contributed by atoms with Crippen LogP contribution in [0, 0.1) is 5.41 Å². The third-order valence-corrected chi connectivity index (χ3v) is 6.41. The lowest BCUT2D eigenvalue weighted by molar-refractivity contribution is -0.184. The maximum absolute atomic E-state index is 13.3. The van der Waals surface area contributed by atoms with Crippen LogP contribution >= 0.6 is 0 Å². The molecule has 1 aromatic carbocycles. The Balaban J connectivity index is 1.52. The molecule has 138 valence electrons. The van der Waals surface area contributed by atoms with E-state index in [1.807, 2.05) is 29.7 Å². The predicted octanol–water partition coefficient (Wildman–Crippen LogP) is 3.48. The lowest BCUT2D eigenvalue weighted by atomic mass is 9.67. The summed E-state index contributed by atoms with van der Waals surface area (Å²) >= 11 is 0. The van der Waals surface area contributed by atoms with Gasteiger partial charge in [-0.1, -0.05) is 49.2 Å². The molecule has 4 rings (SSSR count). The van der Waals surface area contributed by atoms with E-state index < -0.39 is 5.41 Å². The first-order chi connectivity index (χ1) is 12.5. The van der Waals surface area contributed by atoms with Gasteiger partial charge in [0.1, 0.15) is 6.04 Å². The summed E-state index contributed by atoms with van der Waals surface area (Å²) in [5.41, 5.74) is 2.16. The number of carbonyl (C=O) groups is 2. The minimum Gasteiger partial charge on any atom is -0.337 e. The highest BCUT2D eigenvalue weighted by Gasteiger charge is 2.65. The first-order valence-corrected chi connectivity index (χ1v) is 9.90. The maximum Gasteiger partial charge on any atom is 0.246 e. The lowest BCUT2D eigenvalue weighted by Crippen LogP contribution is -2.74. The molecule has 1 saturated carbocycles. The van der Waals surface area contributed by atoms with Crippen LogP contribution in [0.15, 0.2) is 36.4 Å². The molecule has 2 aliphatic heterocycles. The summed E-state index contributed by atoms with van der Waals surface area (Å²) in [5.74, 6) is 0.365. The van der Waals surface area contributed by atoms with Crippen LogP contribution < -0.4 is 0 Å². The number of rotatable bonds is 3. The van der Waals surface area contributed by atoms with Crippen molar-refractivity contribution in [2.24, 2.45) is 5.41 Å². The topological polar surface area (TPSA) is 40.6 Å². The molecule has 0 radical (unpaired) electrons. The number of benzene rings is 1. The van der Waals surface area contributed by atoms with Gasteiger partial charge in [-0.15, -0.1) is 0 Å². The van der Waals surface area contributed by atoms with E-state index in [1.54, 1.807) is 0 Å². The Bertz CT molecular complexity index is 732. The lowest BCUT2D eigenvalue weighted by Gasteiger charge is -2.56.